The van der Waals surface area contributed by atoms with Crippen LogP contribution in [0.5, 0.6) is 0 Å². The monoisotopic (exact) mass is 361 g/mol. The lowest BCUT2D eigenvalue weighted by Crippen LogP contribution is -2.22. The van der Waals surface area contributed by atoms with Crippen LogP contribution in [0.15, 0.2) is 18.2 Å². The molecule has 0 saturated heterocycles. The molecule has 0 bridgehead atoms. The maximum atomic E-state index is 6.06. The van der Waals surface area contributed by atoms with Crippen LogP contribution in [0.25, 0.3) is 0 Å². The van der Waals surface area contributed by atoms with Crippen molar-refractivity contribution in [3.63, 3.8) is 0 Å². The lowest BCUT2D eigenvalue weighted by atomic mass is 10.0. The fraction of sp³-hybridized carbons (Fsp3) is 0.429. The zero-order valence-corrected chi connectivity index (χ0v) is 12.9. The van der Waals surface area contributed by atoms with Gasteiger partial charge in [0.25, 0.3) is 0 Å². The molecule has 1 rings (SSSR count). The second kappa shape index (κ2) is 7.97. The Bertz CT molecular complexity index is 398. The highest BCUT2D eigenvalue weighted by atomic mass is 127. The Morgan fingerprint density at radius 2 is 2.29 bits per heavy atom. The Labute approximate surface area is 122 Å². The maximum Gasteiger partial charge on any atom is 0.0410 e. The van der Waals surface area contributed by atoms with E-state index < -0.39 is 0 Å². The molecule has 0 aromatic heterocycles. The van der Waals surface area contributed by atoms with Crippen molar-refractivity contribution in [2.45, 2.75) is 32.2 Å². The van der Waals surface area contributed by atoms with Crippen LogP contribution in [0.4, 0.5) is 0 Å². The highest BCUT2D eigenvalue weighted by Crippen LogP contribution is 2.26. The summed E-state index contributed by atoms with van der Waals surface area (Å²) in [6.07, 6.45) is 8.19. The number of hydrogen-bond donors (Lipinski definition) is 1. The van der Waals surface area contributed by atoms with Gasteiger partial charge in [-0.1, -0.05) is 18.5 Å². The van der Waals surface area contributed by atoms with Gasteiger partial charge in [0.2, 0.25) is 0 Å². The van der Waals surface area contributed by atoms with Gasteiger partial charge in [0.15, 0.2) is 0 Å². The van der Waals surface area contributed by atoms with Crippen molar-refractivity contribution >= 4 is 34.2 Å². The molecule has 0 fully saturated rings. The lowest BCUT2D eigenvalue weighted by molar-refractivity contribution is 0.504. The molecular formula is C14H17ClIN. The van der Waals surface area contributed by atoms with E-state index in [1.165, 1.54) is 9.13 Å². The van der Waals surface area contributed by atoms with E-state index in [4.69, 9.17) is 18.0 Å². The molecule has 1 aromatic rings. The molecule has 1 atom stereocenters. The summed E-state index contributed by atoms with van der Waals surface area (Å²) >= 11 is 8.40. The van der Waals surface area contributed by atoms with Crippen molar-refractivity contribution < 1.29 is 0 Å². The zero-order chi connectivity index (χ0) is 12.7. The summed E-state index contributed by atoms with van der Waals surface area (Å²) in [7, 11) is 0. The molecule has 3 heteroatoms. The predicted octanol–water partition coefficient (Wildman–Crippen LogP) is 4.40. The number of hydrogen-bond acceptors (Lipinski definition) is 1. The van der Waals surface area contributed by atoms with Crippen molar-refractivity contribution in [1.29, 1.82) is 0 Å². The first-order valence-corrected chi connectivity index (χ1v) is 7.26. The normalized spacial score (nSPS) is 12.1. The molecule has 1 aromatic carbocycles. The molecule has 92 valence electrons. The molecule has 17 heavy (non-hydrogen) atoms. The average Bonchev–Trinajstić information content (AvgIpc) is 2.33. The number of benzene rings is 1. The van der Waals surface area contributed by atoms with E-state index in [1.54, 1.807) is 0 Å². The Morgan fingerprint density at radius 3 is 2.94 bits per heavy atom. The molecule has 0 aliphatic carbocycles. The van der Waals surface area contributed by atoms with Crippen LogP contribution < -0.4 is 5.32 Å². The molecule has 0 radical (unpaired) electrons. The van der Waals surface area contributed by atoms with E-state index >= 15 is 0 Å². The van der Waals surface area contributed by atoms with Crippen molar-refractivity contribution in [2.24, 2.45) is 0 Å². The highest BCUT2D eigenvalue weighted by molar-refractivity contribution is 14.1. The van der Waals surface area contributed by atoms with Crippen LogP contribution in [0.1, 0.15) is 37.8 Å². The molecule has 1 nitrogen and oxygen atoms in total. The summed E-state index contributed by atoms with van der Waals surface area (Å²) in [5, 5.41) is 4.31. The van der Waals surface area contributed by atoms with Gasteiger partial charge < -0.3 is 5.32 Å². The van der Waals surface area contributed by atoms with Gasteiger partial charge in [-0.3, -0.25) is 0 Å². The molecule has 0 saturated carbocycles. The largest absolute Gasteiger partial charge is 0.310 e. The van der Waals surface area contributed by atoms with E-state index in [9.17, 15) is 0 Å². The SMILES string of the molecule is C#CCCC(NCCC)c1cc(Cl)ccc1I. The molecule has 1 unspecified atom stereocenters. The van der Waals surface area contributed by atoms with Crippen LogP contribution in [-0.2, 0) is 0 Å². The van der Waals surface area contributed by atoms with Gasteiger partial charge in [0.05, 0.1) is 0 Å². The number of nitrogens with one attached hydrogen (secondary N) is 1. The smallest absolute Gasteiger partial charge is 0.0410 e. The van der Waals surface area contributed by atoms with Gasteiger partial charge in [0.1, 0.15) is 0 Å². The third kappa shape index (κ3) is 4.87. The van der Waals surface area contributed by atoms with E-state index in [1.807, 2.05) is 12.1 Å². The summed E-state index contributed by atoms with van der Waals surface area (Å²) in [5.74, 6) is 2.70. The zero-order valence-electron chi connectivity index (χ0n) is 9.97. The first-order valence-electron chi connectivity index (χ1n) is 5.80. The van der Waals surface area contributed by atoms with Gasteiger partial charge in [-0.25, -0.2) is 0 Å². The summed E-state index contributed by atoms with van der Waals surface area (Å²) in [4.78, 5) is 0. The molecule has 0 aliphatic rings. The minimum atomic E-state index is 0.302. The minimum absolute atomic E-state index is 0.302. The van der Waals surface area contributed by atoms with Crippen molar-refractivity contribution in [2.75, 3.05) is 6.54 Å². The summed E-state index contributed by atoms with van der Waals surface area (Å²) in [6.45, 7) is 3.16. The van der Waals surface area contributed by atoms with Crippen LogP contribution in [0.2, 0.25) is 5.02 Å². The highest BCUT2D eigenvalue weighted by Gasteiger charge is 2.13. The van der Waals surface area contributed by atoms with Crippen LogP contribution >= 0.6 is 34.2 Å². The van der Waals surface area contributed by atoms with Gasteiger partial charge >= 0.3 is 0 Å². The van der Waals surface area contributed by atoms with Crippen LogP contribution in [-0.4, -0.2) is 6.54 Å². The molecule has 1 N–H and O–H groups in total. The van der Waals surface area contributed by atoms with E-state index in [0.717, 1.165) is 30.8 Å². The Kier molecular flexibility index (Phi) is 6.94. The number of terminal acetylenes is 1. The molecule has 0 aliphatic heterocycles. The first-order chi connectivity index (χ1) is 8.19. The maximum absolute atomic E-state index is 6.06. The predicted molar refractivity (Wildman–Crippen MR) is 83.3 cm³/mol. The molecule has 0 amide bonds. The van der Waals surface area contributed by atoms with Crippen molar-refractivity contribution in [3.8, 4) is 12.3 Å². The average molecular weight is 362 g/mol. The molecule has 0 spiro atoms. The number of halogens is 2. The number of rotatable bonds is 6. The third-order valence-electron chi connectivity index (χ3n) is 2.55. The van der Waals surface area contributed by atoms with E-state index in [-0.39, 0.29) is 0 Å². The molecular weight excluding hydrogens is 345 g/mol. The fourth-order valence-corrected chi connectivity index (χ4v) is 2.59. The lowest BCUT2D eigenvalue weighted by Gasteiger charge is -2.19. The van der Waals surface area contributed by atoms with Crippen molar-refractivity contribution in [3.05, 3.63) is 32.4 Å². The second-order valence-electron chi connectivity index (χ2n) is 3.92. The standard InChI is InChI=1S/C14H17ClIN/c1-3-5-6-14(17-9-4-2)12-10-11(15)7-8-13(12)16/h1,7-8,10,14,17H,4-6,9H2,2H3. The third-order valence-corrected chi connectivity index (χ3v) is 3.77. The Hall–Kier alpha value is -0.240. The van der Waals surface area contributed by atoms with E-state index in [0.29, 0.717) is 6.04 Å². The summed E-state index contributed by atoms with van der Waals surface area (Å²) in [6, 6.07) is 6.31. The summed E-state index contributed by atoms with van der Waals surface area (Å²) in [5.41, 5.74) is 1.25. The fourth-order valence-electron chi connectivity index (χ4n) is 1.70. The first kappa shape index (κ1) is 14.8. The Balaban J connectivity index is 2.86. The molecule has 0 heterocycles. The quantitative estimate of drug-likeness (QED) is 0.585. The van der Waals surface area contributed by atoms with Crippen LogP contribution in [0.3, 0.4) is 0 Å². The van der Waals surface area contributed by atoms with Crippen molar-refractivity contribution in [1.82, 2.24) is 5.32 Å². The minimum Gasteiger partial charge on any atom is -0.310 e. The Morgan fingerprint density at radius 1 is 1.53 bits per heavy atom. The summed E-state index contributed by atoms with van der Waals surface area (Å²) < 4.78 is 1.23. The van der Waals surface area contributed by atoms with Crippen LogP contribution in [0, 0.1) is 15.9 Å². The topological polar surface area (TPSA) is 12.0 Å². The van der Waals surface area contributed by atoms with E-state index in [2.05, 4.69) is 46.8 Å². The second-order valence-corrected chi connectivity index (χ2v) is 5.51. The van der Waals surface area contributed by atoms with Gasteiger partial charge in [-0.05, 0) is 65.7 Å². The van der Waals surface area contributed by atoms with Gasteiger partial charge in [0, 0.05) is 21.1 Å². The van der Waals surface area contributed by atoms with Gasteiger partial charge in [-0.15, -0.1) is 12.3 Å². The van der Waals surface area contributed by atoms with Gasteiger partial charge in [-0.2, -0.15) is 0 Å².